The Morgan fingerprint density at radius 3 is 2.56 bits per heavy atom. The molecule has 1 fully saturated rings. The molecule has 4 rings (SSSR count). The van der Waals surface area contributed by atoms with E-state index in [-0.39, 0.29) is 29.7 Å². The van der Waals surface area contributed by atoms with Gasteiger partial charge in [-0.2, -0.15) is 0 Å². The zero-order chi connectivity index (χ0) is 23.9. The largest absolute Gasteiger partial charge is 0.378 e. The van der Waals surface area contributed by atoms with E-state index < -0.39 is 5.82 Å². The predicted molar refractivity (Wildman–Crippen MR) is 129 cm³/mol. The van der Waals surface area contributed by atoms with Gasteiger partial charge in [0.05, 0.1) is 25.3 Å². The van der Waals surface area contributed by atoms with Gasteiger partial charge in [-0.15, -0.1) is 0 Å². The zero-order valence-electron chi connectivity index (χ0n) is 18.8. The molecule has 3 aromatic rings. The Morgan fingerprint density at radius 2 is 1.82 bits per heavy atom. The zero-order valence-corrected chi connectivity index (χ0v) is 18.8. The van der Waals surface area contributed by atoms with E-state index in [0.717, 1.165) is 18.8 Å². The average Bonchev–Trinajstić information content (AvgIpc) is 2.85. The average molecular weight is 464 g/mol. The van der Waals surface area contributed by atoms with Crippen molar-refractivity contribution in [3.05, 3.63) is 78.2 Å². The molecular formula is C25H26FN5O3. The highest BCUT2D eigenvalue weighted by Crippen LogP contribution is 2.21. The minimum absolute atomic E-state index is 0.141. The molecule has 2 N–H and O–H groups in total. The summed E-state index contributed by atoms with van der Waals surface area (Å²) in [5.74, 6) is -0.826. The molecular weight excluding hydrogens is 437 g/mol. The number of ether oxygens (including phenoxy) is 1. The van der Waals surface area contributed by atoms with E-state index in [1.165, 1.54) is 23.2 Å². The van der Waals surface area contributed by atoms with Gasteiger partial charge < -0.3 is 25.2 Å². The Kier molecular flexibility index (Phi) is 7.34. The Hall–Kier alpha value is -3.98. The molecule has 1 aromatic heterocycles. The van der Waals surface area contributed by atoms with E-state index in [4.69, 9.17) is 4.74 Å². The van der Waals surface area contributed by atoms with Crippen molar-refractivity contribution in [3.8, 4) is 0 Å². The van der Waals surface area contributed by atoms with E-state index in [0.29, 0.717) is 24.6 Å². The quantitative estimate of drug-likeness (QED) is 0.558. The number of hydrogen-bond donors (Lipinski definition) is 2. The van der Waals surface area contributed by atoms with E-state index in [2.05, 4.69) is 20.5 Å². The van der Waals surface area contributed by atoms with Crippen LogP contribution < -0.4 is 15.5 Å². The fourth-order valence-electron chi connectivity index (χ4n) is 3.65. The number of likely N-dealkylation sites (N-methyl/N-ethyl adjacent to an activating group) is 1. The van der Waals surface area contributed by atoms with E-state index in [1.54, 1.807) is 31.3 Å². The van der Waals surface area contributed by atoms with Crippen LogP contribution in [0.4, 0.5) is 27.3 Å². The summed E-state index contributed by atoms with van der Waals surface area (Å²) < 4.78 is 18.9. The summed E-state index contributed by atoms with van der Waals surface area (Å²) >= 11 is 0. The van der Waals surface area contributed by atoms with E-state index in [9.17, 15) is 14.0 Å². The lowest BCUT2D eigenvalue weighted by Crippen LogP contribution is -2.36. The van der Waals surface area contributed by atoms with Crippen molar-refractivity contribution < 1.29 is 18.7 Å². The number of morpholine rings is 1. The topological polar surface area (TPSA) is 86.8 Å². The molecule has 1 aliphatic heterocycles. The third-order valence-electron chi connectivity index (χ3n) is 5.38. The fourth-order valence-corrected chi connectivity index (χ4v) is 3.65. The molecule has 2 heterocycles. The van der Waals surface area contributed by atoms with E-state index >= 15 is 0 Å². The number of pyridine rings is 1. The minimum Gasteiger partial charge on any atom is -0.378 e. The lowest BCUT2D eigenvalue weighted by atomic mass is 10.2. The number of nitrogens with zero attached hydrogens (tertiary/aromatic N) is 3. The maximum Gasteiger partial charge on any atom is 0.257 e. The molecule has 176 valence electrons. The highest BCUT2D eigenvalue weighted by atomic mass is 19.1. The first-order valence-electron chi connectivity index (χ1n) is 11.0. The maximum atomic E-state index is 13.5. The van der Waals surface area contributed by atoms with Crippen LogP contribution in [0.15, 0.2) is 66.9 Å². The monoisotopic (exact) mass is 463 g/mol. The van der Waals surface area contributed by atoms with Gasteiger partial charge in [-0.1, -0.05) is 6.07 Å². The Bertz CT molecular complexity index is 1150. The molecule has 2 aromatic carbocycles. The van der Waals surface area contributed by atoms with Gasteiger partial charge >= 0.3 is 0 Å². The molecule has 0 radical (unpaired) electrons. The number of aromatic nitrogens is 1. The van der Waals surface area contributed by atoms with Crippen molar-refractivity contribution >= 4 is 34.7 Å². The summed E-state index contributed by atoms with van der Waals surface area (Å²) in [5, 5.41) is 5.78. The summed E-state index contributed by atoms with van der Waals surface area (Å²) in [5.41, 5.74) is 2.46. The third kappa shape index (κ3) is 5.87. The molecule has 0 bridgehead atoms. The van der Waals surface area contributed by atoms with Crippen LogP contribution in [0.3, 0.4) is 0 Å². The molecule has 2 amide bonds. The minimum atomic E-state index is -0.402. The Labute approximate surface area is 197 Å². The van der Waals surface area contributed by atoms with Crippen LogP contribution in [0.1, 0.15) is 10.4 Å². The first kappa shape index (κ1) is 23.2. The summed E-state index contributed by atoms with van der Waals surface area (Å²) in [6.07, 6.45) is 1.53. The number of carbonyl (C=O) groups is 2. The van der Waals surface area contributed by atoms with Crippen molar-refractivity contribution in [2.45, 2.75) is 0 Å². The highest BCUT2D eigenvalue weighted by molar-refractivity contribution is 6.02. The van der Waals surface area contributed by atoms with Gasteiger partial charge in [-0.05, 0) is 54.6 Å². The van der Waals surface area contributed by atoms with Gasteiger partial charge in [0, 0.05) is 43.4 Å². The molecule has 8 nitrogen and oxygen atoms in total. The Balaban J connectivity index is 1.36. The van der Waals surface area contributed by atoms with Crippen LogP contribution >= 0.6 is 0 Å². The fraction of sp³-hybridized carbons (Fsp3) is 0.240. The van der Waals surface area contributed by atoms with E-state index in [1.807, 2.05) is 24.3 Å². The van der Waals surface area contributed by atoms with Crippen LogP contribution in [0.2, 0.25) is 0 Å². The van der Waals surface area contributed by atoms with Crippen molar-refractivity contribution in [2.75, 3.05) is 55.4 Å². The second kappa shape index (κ2) is 10.8. The molecule has 0 spiro atoms. The highest BCUT2D eigenvalue weighted by Gasteiger charge is 2.19. The first-order valence-corrected chi connectivity index (χ1v) is 11.0. The molecule has 0 saturated carbocycles. The van der Waals surface area contributed by atoms with Gasteiger partial charge in [0.1, 0.15) is 11.6 Å². The van der Waals surface area contributed by atoms with Crippen LogP contribution in [-0.2, 0) is 9.53 Å². The smallest absolute Gasteiger partial charge is 0.257 e. The maximum absolute atomic E-state index is 13.5. The summed E-state index contributed by atoms with van der Waals surface area (Å²) in [4.78, 5) is 33.3. The van der Waals surface area contributed by atoms with Gasteiger partial charge in [0.25, 0.3) is 5.91 Å². The summed E-state index contributed by atoms with van der Waals surface area (Å²) in [7, 11) is 1.54. The number of carbonyl (C=O) groups excluding carboxylic acids is 2. The van der Waals surface area contributed by atoms with Crippen LogP contribution in [0.5, 0.6) is 0 Å². The predicted octanol–water partition coefficient (Wildman–Crippen LogP) is 3.51. The second-order valence-electron chi connectivity index (χ2n) is 7.89. The molecule has 34 heavy (non-hydrogen) atoms. The van der Waals surface area contributed by atoms with Crippen LogP contribution in [0, 0.1) is 5.82 Å². The molecule has 0 aliphatic carbocycles. The summed E-state index contributed by atoms with van der Waals surface area (Å²) in [6.45, 7) is 2.94. The van der Waals surface area contributed by atoms with Crippen molar-refractivity contribution in [1.29, 1.82) is 0 Å². The number of hydrogen-bond acceptors (Lipinski definition) is 6. The number of amides is 2. The summed E-state index contributed by atoms with van der Waals surface area (Å²) in [6, 6.07) is 16.7. The SMILES string of the molecule is CN(CC(=O)Nc1ccc(N2CCOCC2)cc1)C(=O)c1cccnc1Nc1cccc(F)c1. The van der Waals surface area contributed by atoms with Crippen molar-refractivity contribution in [2.24, 2.45) is 0 Å². The molecule has 0 unspecified atom stereocenters. The molecule has 9 heteroatoms. The number of nitrogens with one attached hydrogen (secondary N) is 2. The first-order chi connectivity index (χ1) is 16.5. The van der Waals surface area contributed by atoms with Gasteiger partial charge in [-0.3, -0.25) is 9.59 Å². The lowest BCUT2D eigenvalue weighted by Gasteiger charge is -2.28. The number of halogens is 1. The number of anilines is 4. The molecule has 1 saturated heterocycles. The lowest BCUT2D eigenvalue weighted by molar-refractivity contribution is -0.116. The standard InChI is InChI=1S/C25H26FN5O3/c1-30(17-23(32)28-19-7-9-21(10-8-19)31-12-14-34-15-13-31)25(33)22-6-3-11-27-24(22)29-20-5-2-4-18(26)16-20/h2-11,16H,12-15,17H2,1H3,(H,27,29)(H,28,32). The molecule has 1 aliphatic rings. The van der Waals surface area contributed by atoms with Crippen LogP contribution in [0.25, 0.3) is 0 Å². The normalized spacial score (nSPS) is 13.3. The van der Waals surface area contributed by atoms with Crippen molar-refractivity contribution in [3.63, 3.8) is 0 Å². The van der Waals surface area contributed by atoms with Crippen molar-refractivity contribution in [1.82, 2.24) is 9.88 Å². The number of benzene rings is 2. The van der Waals surface area contributed by atoms with Gasteiger partial charge in [0.2, 0.25) is 5.91 Å². The number of rotatable bonds is 7. The van der Waals surface area contributed by atoms with Gasteiger partial charge in [-0.25, -0.2) is 9.37 Å². The molecule has 0 atom stereocenters. The van der Waals surface area contributed by atoms with Gasteiger partial charge in [0.15, 0.2) is 0 Å². The second-order valence-corrected chi connectivity index (χ2v) is 7.89. The van der Waals surface area contributed by atoms with Crippen LogP contribution in [-0.4, -0.2) is 61.6 Å². The Morgan fingerprint density at radius 1 is 1.06 bits per heavy atom. The third-order valence-corrected chi connectivity index (χ3v) is 5.38.